The largest absolute Gasteiger partial charge is 0.465 e. The Morgan fingerprint density at radius 3 is 2.36 bits per heavy atom. The number of carbonyl (C=O) groups is 1. The zero-order chi connectivity index (χ0) is 8.27. The highest BCUT2D eigenvalue weighted by atomic mass is 127. The lowest BCUT2D eigenvalue weighted by Crippen LogP contribution is -2.00. The Balaban J connectivity index is 2.90. The molecule has 0 unspecified atom stereocenters. The van der Waals surface area contributed by atoms with Gasteiger partial charge in [0.05, 0.1) is 12.7 Å². The van der Waals surface area contributed by atoms with Crippen molar-refractivity contribution in [1.29, 1.82) is 0 Å². The lowest BCUT2D eigenvalue weighted by molar-refractivity contribution is 0.0600. The van der Waals surface area contributed by atoms with E-state index in [4.69, 9.17) is 0 Å². The Labute approximate surface area is 78.7 Å². The molecule has 3 heteroatoms. The Kier molecular flexibility index (Phi) is 2.87. The molecule has 0 heterocycles. The van der Waals surface area contributed by atoms with E-state index in [-0.39, 0.29) is 5.97 Å². The molecule has 1 aromatic carbocycles. The molecule has 0 saturated heterocycles. The van der Waals surface area contributed by atoms with Gasteiger partial charge in [0.1, 0.15) is 0 Å². The highest BCUT2D eigenvalue weighted by Crippen LogP contribution is 2.07. The predicted octanol–water partition coefficient (Wildman–Crippen LogP) is 2.08. The summed E-state index contributed by atoms with van der Waals surface area (Å²) in [6, 6.07) is 7.22. The topological polar surface area (TPSA) is 26.3 Å². The molecule has 0 N–H and O–H groups in total. The zero-order valence-electron chi connectivity index (χ0n) is 6.00. The first-order valence-electron chi connectivity index (χ1n) is 3.08. The van der Waals surface area contributed by atoms with Crippen LogP contribution in [0.5, 0.6) is 0 Å². The van der Waals surface area contributed by atoms with Crippen molar-refractivity contribution < 1.29 is 9.53 Å². The number of rotatable bonds is 1. The van der Waals surface area contributed by atoms with E-state index >= 15 is 0 Å². The van der Waals surface area contributed by atoms with E-state index in [2.05, 4.69) is 27.3 Å². The van der Waals surface area contributed by atoms with Gasteiger partial charge >= 0.3 is 5.97 Å². The first-order valence-corrected chi connectivity index (χ1v) is 4.16. The molecule has 58 valence electrons. The molecule has 0 atom stereocenters. The van der Waals surface area contributed by atoms with Crippen LogP contribution in [0.25, 0.3) is 0 Å². The summed E-state index contributed by atoms with van der Waals surface area (Å²) in [7, 11) is 1.38. The van der Waals surface area contributed by atoms with E-state index in [1.54, 1.807) is 12.1 Å². The molecule has 0 saturated carbocycles. The van der Waals surface area contributed by atoms with Crippen LogP contribution in [0.3, 0.4) is 0 Å². The van der Waals surface area contributed by atoms with Crippen molar-refractivity contribution in [3.8, 4) is 0 Å². The van der Waals surface area contributed by atoms with Gasteiger partial charge < -0.3 is 4.74 Å². The molecule has 0 amide bonds. The first-order chi connectivity index (χ1) is 5.24. The molecule has 0 bridgehead atoms. The number of hydrogen-bond donors (Lipinski definition) is 0. The Morgan fingerprint density at radius 1 is 1.36 bits per heavy atom. The summed E-state index contributed by atoms with van der Waals surface area (Å²) in [5, 5.41) is 0. The van der Waals surface area contributed by atoms with Crippen molar-refractivity contribution in [1.82, 2.24) is 0 Å². The van der Waals surface area contributed by atoms with Crippen molar-refractivity contribution in [3.63, 3.8) is 0 Å². The fourth-order valence-electron chi connectivity index (χ4n) is 0.704. The number of hydrogen-bond acceptors (Lipinski definition) is 2. The first kappa shape index (κ1) is 8.52. The maximum absolute atomic E-state index is 10.9. The van der Waals surface area contributed by atoms with Crippen LogP contribution in [-0.2, 0) is 4.74 Å². The van der Waals surface area contributed by atoms with E-state index in [9.17, 15) is 4.79 Å². The van der Waals surface area contributed by atoms with Gasteiger partial charge in [0, 0.05) is 3.57 Å². The Bertz CT molecular complexity index is 253. The van der Waals surface area contributed by atoms with Crippen molar-refractivity contribution >= 4 is 28.6 Å². The maximum Gasteiger partial charge on any atom is 0.337 e. The van der Waals surface area contributed by atoms with Crippen molar-refractivity contribution in [2.24, 2.45) is 0 Å². The van der Waals surface area contributed by atoms with E-state index in [0.29, 0.717) is 5.56 Å². The monoisotopic (exact) mass is 268 g/mol. The normalized spacial score (nSPS) is 9.27. The molecule has 0 aromatic heterocycles. The summed E-state index contributed by atoms with van der Waals surface area (Å²) in [5.74, 6) is -0.290. The van der Waals surface area contributed by atoms with Gasteiger partial charge in [-0.15, -0.1) is 0 Å². The van der Waals surface area contributed by atoms with Gasteiger partial charge in [-0.1, -0.05) is 0 Å². The number of methoxy groups -OCH3 is 1. The summed E-state index contributed by atoms with van der Waals surface area (Å²) >= 11 is 2.18. The van der Waals surface area contributed by atoms with Gasteiger partial charge in [0.25, 0.3) is 0 Å². The van der Waals surface area contributed by atoms with E-state index in [1.165, 1.54) is 7.11 Å². The highest BCUT2D eigenvalue weighted by Gasteiger charge is 2.02. The fraction of sp³-hybridized carbons (Fsp3) is 0.125. The van der Waals surface area contributed by atoms with Crippen LogP contribution in [0.4, 0.5) is 0 Å². The van der Waals surface area contributed by atoms with Crippen molar-refractivity contribution in [2.75, 3.05) is 7.11 Å². The summed E-state index contributed by atoms with van der Waals surface area (Å²) < 4.78 is 5.64. The van der Waals surface area contributed by atoms with E-state index < -0.39 is 0 Å². The SMILES string of the molecule is COC(=O)[13c]1[13cH][13cH][13c](I)[13cH][13cH]1. The molecule has 0 aliphatic carbocycles. The minimum Gasteiger partial charge on any atom is -0.465 e. The standard InChI is InChI=1S/C8H7IO2/c1-11-8(10)6-2-4-7(9)5-3-6/h2-5H,1H3/i2+1,3+1,4+1,5+1,6+1,7+1. The van der Waals surface area contributed by atoms with Gasteiger partial charge in [0.2, 0.25) is 0 Å². The van der Waals surface area contributed by atoms with Crippen LogP contribution in [0.15, 0.2) is 24.3 Å². The second-order valence-corrected chi connectivity index (χ2v) is 3.24. The van der Waals surface area contributed by atoms with Gasteiger partial charge in [-0.05, 0) is 46.9 Å². The Hall–Kier alpha value is -0.580. The zero-order valence-corrected chi connectivity index (χ0v) is 8.16. The molecule has 0 radical (unpaired) electrons. The van der Waals surface area contributed by atoms with Crippen LogP contribution in [0, 0.1) is 3.57 Å². The maximum atomic E-state index is 10.9. The molecule has 0 spiro atoms. The Morgan fingerprint density at radius 2 is 1.91 bits per heavy atom. The van der Waals surface area contributed by atoms with Gasteiger partial charge in [0.15, 0.2) is 0 Å². The third-order valence-electron chi connectivity index (χ3n) is 1.27. The third kappa shape index (κ3) is 2.18. The van der Waals surface area contributed by atoms with Crippen LogP contribution in [0.2, 0.25) is 0 Å². The smallest absolute Gasteiger partial charge is 0.337 e. The summed E-state index contributed by atoms with van der Waals surface area (Å²) in [4.78, 5) is 10.9. The minimum atomic E-state index is -0.290. The quantitative estimate of drug-likeness (QED) is 0.575. The highest BCUT2D eigenvalue weighted by molar-refractivity contribution is 14.1. The lowest BCUT2D eigenvalue weighted by Gasteiger charge is -1.97. The number of benzene rings is 1. The van der Waals surface area contributed by atoms with Crippen LogP contribution in [-0.4, -0.2) is 13.1 Å². The van der Waals surface area contributed by atoms with Gasteiger partial charge in [-0.3, -0.25) is 0 Å². The van der Waals surface area contributed by atoms with E-state index in [1.807, 2.05) is 12.1 Å². The molecular formula is C8H7IO2. The predicted molar refractivity (Wildman–Crippen MR) is 50.5 cm³/mol. The second-order valence-electron chi connectivity index (χ2n) is 2.00. The third-order valence-corrected chi connectivity index (χ3v) is 1.98. The average molecular weight is 268 g/mol. The summed E-state index contributed by atoms with van der Waals surface area (Å²) in [6.45, 7) is 0. The van der Waals surface area contributed by atoms with Crippen molar-refractivity contribution in [3.05, 3.63) is 33.4 Å². The van der Waals surface area contributed by atoms with Crippen molar-refractivity contribution in [2.45, 2.75) is 0 Å². The lowest BCUT2D eigenvalue weighted by atomic mass is 10.9. The molecule has 11 heavy (non-hydrogen) atoms. The van der Waals surface area contributed by atoms with E-state index in [0.717, 1.165) is 3.57 Å². The van der Waals surface area contributed by atoms with Gasteiger partial charge in [-0.2, -0.15) is 0 Å². The second kappa shape index (κ2) is 3.71. The molecule has 1 aromatic rings. The molecule has 2 nitrogen and oxygen atoms in total. The molecule has 0 fully saturated rings. The summed E-state index contributed by atoms with van der Waals surface area (Å²) in [5.41, 5.74) is 0.591. The number of halogens is 1. The number of esters is 1. The number of carbonyl (C=O) groups excluding carboxylic acids is 1. The number of ether oxygens (including phenoxy) is 1. The molecular weight excluding hydrogens is 261 g/mol. The van der Waals surface area contributed by atoms with Crippen LogP contribution >= 0.6 is 22.6 Å². The summed E-state index contributed by atoms with van der Waals surface area (Å²) in [6.07, 6.45) is 0. The van der Waals surface area contributed by atoms with Crippen LogP contribution in [0.1, 0.15) is 10.4 Å². The van der Waals surface area contributed by atoms with Gasteiger partial charge in [-0.25, -0.2) is 4.79 Å². The fourth-order valence-corrected chi connectivity index (χ4v) is 1.06. The molecule has 0 aliphatic rings. The van der Waals surface area contributed by atoms with Crippen LogP contribution < -0.4 is 0 Å². The molecule has 1 rings (SSSR count). The minimum absolute atomic E-state index is 0.290. The average Bonchev–Trinajstić information content (AvgIpc) is 2.05. The molecule has 0 aliphatic heterocycles.